The summed E-state index contributed by atoms with van der Waals surface area (Å²) in [5, 5.41) is 7.82. The third kappa shape index (κ3) is 2.47. The van der Waals surface area contributed by atoms with Crippen LogP contribution in [0, 0.1) is 0 Å². The van der Waals surface area contributed by atoms with Crippen LogP contribution >= 0.6 is 0 Å². The van der Waals surface area contributed by atoms with Crippen LogP contribution in [0.3, 0.4) is 0 Å². The number of fused-ring (bicyclic) bond motifs is 1. The maximum absolute atomic E-state index is 12.1. The third-order valence-electron chi connectivity index (χ3n) is 3.40. The Morgan fingerprint density at radius 2 is 1.85 bits per heavy atom. The van der Waals surface area contributed by atoms with Crippen LogP contribution < -0.4 is 10.4 Å². The summed E-state index contributed by atoms with van der Waals surface area (Å²) in [5.41, 5.74) is 3.98. The van der Waals surface area contributed by atoms with Gasteiger partial charge in [-0.2, -0.15) is 0 Å². The number of hydrogen-bond donors (Lipinski definition) is 0. The van der Waals surface area contributed by atoms with Crippen LogP contribution in [-0.2, 0) is 6.42 Å². The van der Waals surface area contributed by atoms with Crippen molar-refractivity contribution in [3.63, 3.8) is 0 Å². The highest BCUT2D eigenvalue weighted by atomic mass is 16.2. The van der Waals surface area contributed by atoms with E-state index in [0.717, 1.165) is 17.6 Å². The average Bonchev–Trinajstić information content (AvgIpc) is 2.90. The summed E-state index contributed by atoms with van der Waals surface area (Å²) in [7, 11) is 2.01. The van der Waals surface area contributed by atoms with E-state index in [4.69, 9.17) is 0 Å². The number of carbonyl (C=O) groups is 1. The molecule has 5 heteroatoms. The Bertz CT molecular complexity index is 667. The second-order valence-corrected chi connectivity index (χ2v) is 4.85. The van der Waals surface area contributed by atoms with Crippen molar-refractivity contribution >= 4 is 30.7 Å². The fourth-order valence-corrected chi connectivity index (χ4v) is 2.30. The lowest BCUT2D eigenvalue weighted by Crippen LogP contribution is -2.25. The van der Waals surface area contributed by atoms with Crippen LogP contribution in [0.25, 0.3) is 0 Å². The molecule has 0 radical (unpaired) electrons. The molecule has 98 valence electrons. The van der Waals surface area contributed by atoms with E-state index in [1.165, 1.54) is 5.56 Å². The van der Waals surface area contributed by atoms with E-state index in [9.17, 15) is 4.79 Å². The largest absolute Gasteiger partial charge is 0.366 e. The number of amides is 2. The standard InChI is InChI=1S/C15H14BN3O/c16-12-5-7-13(8-6-12)17-18-15(20)19-10-9-11-3-1-2-4-14(11)19/h1-8H,9-10,16H2. The quantitative estimate of drug-likeness (QED) is 0.574. The van der Waals surface area contributed by atoms with Gasteiger partial charge in [0.05, 0.1) is 5.69 Å². The van der Waals surface area contributed by atoms with Gasteiger partial charge in [0.2, 0.25) is 0 Å². The first-order valence-corrected chi connectivity index (χ1v) is 6.62. The molecule has 2 amide bonds. The van der Waals surface area contributed by atoms with Gasteiger partial charge in [-0.25, -0.2) is 4.79 Å². The molecule has 0 unspecified atom stereocenters. The van der Waals surface area contributed by atoms with Gasteiger partial charge in [0.25, 0.3) is 0 Å². The highest BCUT2D eigenvalue weighted by Gasteiger charge is 2.23. The SMILES string of the molecule is Bc1ccc(N=NC(=O)N2CCc3ccccc32)cc1. The Morgan fingerprint density at radius 3 is 2.65 bits per heavy atom. The van der Waals surface area contributed by atoms with Gasteiger partial charge in [-0.1, -0.05) is 40.9 Å². The Balaban J connectivity index is 1.76. The Hall–Kier alpha value is -2.43. The van der Waals surface area contributed by atoms with Gasteiger partial charge in [0.15, 0.2) is 0 Å². The smallest absolute Gasteiger partial charge is 0.291 e. The molecule has 1 aliphatic rings. The number of rotatable bonds is 1. The molecule has 1 aliphatic heterocycles. The van der Waals surface area contributed by atoms with Crippen LogP contribution in [0.15, 0.2) is 58.8 Å². The van der Waals surface area contributed by atoms with Crippen LogP contribution in [0.4, 0.5) is 16.2 Å². The molecule has 1 heterocycles. The van der Waals surface area contributed by atoms with Gasteiger partial charge < -0.3 is 0 Å². The van der Waals surface area contributed by atoms with E-state index < -0.39 is 0 Å². The van der Waals surface area contributed by atoms with Gasteiger partial charge in [0, 0.05) is 12.2 Å². The molecule has 0 aromatic heterocycles. The predicted octanol–water partition coefficient (Wildman–Crippen LogP) is 2.21. The van der Waals surface area contributed by atoms with E-state index in [1.807, 2.05) is 56.4 Å². The van der Waals surface area contributed by atoms with Gasteiger partial charge in [0.1, 0.15) is 7.85 Å². The Labute approximate surface area is 118 Å². The average molecular weight is 263 g/mol. The lowest BCUT2D eigenvalue weighted by molar-refractivity contribution is 0.253. The molecule has 0 atom stereocenters. The molecule has 0 bridgehead atoms. The highest BCUT2D eigenvalue weighted by molar-refractivity contribution is 6.32. The second kappa shape index (κ2) is 5.29. The highest BCUT2D eigenvalue weighted by Crippen LogP contribution is 2.28. The number of urea groups is 1. The summed E-state index contributed by atoms with van der Waals surface area (Å²) in [5.74, 6) is 0. The zero-order valence-corrected chi connectivity index (χ0v) is 11.3. The van der Waals surface area contributed by atoms with E-state index in [2.05, 4.69) is 10.2 Å². The number of carbonyl (C=O) groups excluding carboxylic acids is 1. The number of benzene rings is 2. The predicted molar refractivity (Wildman–Crippen MR) is 82.0 cm³/mol. The van der Waals surface area contributed by atoms with Crippen LogP contribution in [0.5, 0.6) is 0 Å². The lowest BCUT2D eigenvalue weighted by atomic mass is 9.96. The molecular weight excluding hydrogens is 249 g/mol. The molecule has 3 rings (SSSR count). The zero-order chi connectivity index (χ0) is 13.9. The minimum absolute atomic E-state index is 0.310. The van der Waals surface area contributed by atoms with E-state index in [1.54, 1.807) is 4.90 Å². The van der Waals surface area contributed by atoms with Crippen molar-refractivity contribution in [1.82, 2.24) is 0 Å². The number of azo groups is 1. The van der Waals surface area contributed by atoms with E-state index in [0.29, 0.717) is 12.2 Å². The van der Waals surface area contributed by atoms with Crippen molar-refractivity contribution in [2.75, 3.05) is 11.4 Å². The lowest BCUT2D eigenvalue weighted by Gasteiger charge is -2.12. The minimum atomic E-state index is -0.310. The van der Waals surface area contributed by atoms with Crippen LogP contribution in [0.2, 0.25) is 0 Å². The molecule has 20 heavy (non-hydrogen) atoms. The summed E-state index contributed by atoms with van der Waals surface area (Å²) in [6.45, 7) is 0.672. The van der Waals surface area contributed by atoms with Crippen LogP contribution in [0.1, 0.15) is 5.56 Å². The second-order valence-electron chi connectivity index (χ2n) is 4.85. The van der Waals surface area contributed by atoms with Crippen LogP contribution in [-0.4, -0.2) is 20.4 Å². The molecule has 4 nitrogen and oxygen atoms in total. The summed E-state index contributed by atoms with van der Waals surface area (Å²) in [6.07, 6.45) is 0.877. The monoisotopic (exact) mass is 263 g/mol. The molecule has 0 saturated carbocycles. The summed E-state index contributed by atoms with van der Waals surface area (Å²) < 4.78 is 0. The molecular formula is C15H14BN3O. The number of hydrogen-bond acceptors (Lipinski definition) is 2. The Kier molecular flexibility index (Phi) is 3.33. The molecule has 0 aliphatic carbocycles. The molecule has 0 spiro atoms. The first-order chi connectivity index (χ1) is 9.74. The maximum Gasteiger partial charge on any atom is 0.366 e. The molecule has 0 fully saturated rings. The fourth-order valence-electron chi connectivity index (χ4n) is 2.30. The van der Waals surface area contributed by atoms with Crippen molar-refractivity contribution in [2.24, 2.45) is 10.2 Å². The zero-order valence-electron chi connectivity index (χ0n) is 11.3. The minimum Gasteiger partial charge on any atom is -0.291 e. The maximum atomic E-state index is 12.1. The number of para-hydroxylation sites is 1. The van der Waals surface area contributed by atoms with Crippen molar-refractivity contribution in [3.05, 3.63) is 54.1 Å². The van der Waals surface area contributed by atoms with Gasteiger partial charge in [-0.05, 0) is 30.2 Å². The first-order valence-electron chi connectivity index (χ1n) is 6.62. The number of anilines is 1. The molecule has 0 saturated heterocycles. The third-order valence-corrected chi connectivity index (χ3v) is 3.40. The topological polar surface area (TPSA) is 45.0 Å². The van der Waals surface area contributed by atoms with E-state index in [-0.39, 0.29) is 6.03 Å². The molecule has 0 N–H and O–H groups in total. The first kappa shape index (κ1) is 12.6. The molecule has 2 aromatic carbocycles. The van der Waals surface area contributed by atoms with Gasteiger partial charge >= 0.3 is 6.03 Å². The Morgan fingerprint density at radius 1 is 1.10 bits per heavy atom. The summed E-state index contributed by atoms with van der Waals surface area (Å²) >= 11 is 0. The van der Waals surface area contributed by atoms with Crippen molar-refractivity contribution in [2.45, 2.75) is 6.42 Å². The number of nitrogens with zero attached hydrogens (tertiary/aromatic N) is 3. The van der Waals surface area contributed by atoms with Crippen molar-refractivity contribution in [1.29, 1.82) is 0 Å². The summed E-state index contributed by atoms with van der Waals surface area (Å²) in [4.78, 5) is 13.8. The summed E-state index contributed by atoms with van der Waals surface area (Å²) in [6, 6.07) is 15.2. The van der Waals surface area contributed by atoms with Crippen molar-refractivity contribution < 1.29 is 4.79 Å². The normalized spacial score (nSPS) is 13.7. The van der Waals surface area contributed by atoms with E-state index >= 15 is 0 Å². The van der Waals surface area contributed by atoms with Gasteiger partial charge in [-0.3, -0.25) is 4.90 Å². The van der Waals surface area contributed by atoms with Gasteiger partial charge in [-0.15, -0.1) is 5.11 Å². The van der Waals surface area contributed by atoms with Crippen molar-refractivity contribution in [3.8, 4) is 0 Å². The fraction of sp³-hybridized carbons (Fsp3) is 0.133. The molecule has 2 aromatic rings.